The quantitative estimate of drug-likeness (QED) is 0.571. The van der Waals surface area contributed by atoms with Crippen molar-refractivity contribution in [3.05, 3.63) is 0 Å². The average Bonchev–Trinajstić information content (AvgIpc) is 2.99. The summed E-state index contributed by atoms with van der Waals surface area (Å²) in [6.07, 6.45) is 6.40. The van der Waals surface area contributed by atoms with Gasteiger partial charge in [-0.2, -0.15) is 0 Å². The molecule has 0 aliphatic heterocycles. The van der Waals surface area contributed by atoms with Crippen LogP contribution in [0.2, 0.25) is 0 Å². The van der Waals surface area contributed by atoms with Gasteiger partial charge in [0.1, 0.15) is 0 Å². The van der Waals surface area contributed by atoms with Gasteiger partial charge in [0.15, 0.2) is 0 Å². The SMILES string of the molecule is C[C@H](C(O)CC(=O)O)[C@H]1CC[C@H]2[C@@H]3[C@@H](O)C[C@@H]4C[C@H](O)CC[C@]4(C)[C@H]3CC[C@]12C. The Morgan fingerprint density at radius 1 is 1.00 bits per heavy atom. The standard InChI is InChI=1S/C24H40O5/c1-13(19(26)12-21(28)29)16-4-5-17-22-18(7-9-24(16,17)3)23(2)8-6-15(25)10-14(23)11-20(22)27/h13-20,22,25-27H,4-12H2,1-3H3,(H,28,29)/t13-,14-,15+,16+,17-,18-,19?,20-,22-,23-,24+/m0/s1. The summed E-state index contributed by atoms with van der Waals surface area (Å²) >= 11 is 0. The van der Waals surface area contributed by atoms with Crippen molar-refractivity contribution in [1.82, 2.24) is 0 Å². The zero-order valence-electron chi connectivity index (χ0n) is 18.3. The van der Waals surface area contributed by atoms with Gasteiger partial charge in [0.05, 0.1) is 24.7 Å². The molecule has 0 heterocycles. The van der Waals surface area contributed by atoms with Crippen LogP contribution >= 0.6 is 0 Å². The molecule has 0 bridgehead atoms. The molecule has 0 aromatic heterocycles. The van der Waals surface area contributed by atoms with E-state index in [4.69, 9.17) is 5.11 Å². The van der Waals surface area contributed by atoms with Crippen molar-refractivity contribution in [2.24, 2.45) is 46.3 Å². The van der Waals surface area contributed by atoms with Crippen LogP contribution in [0.25, 0.3) is 0 Å². The van der Waals surface area contributed by atoms with Crippen LogP contribution in [0, 0.1) is 46.3 Å². The summed E-state index contributed by atoms with van der Waals surface area (Å²) in [5.74, 6) is 1.03. The third-order valence-corrected chi connectivity index (χ3v) is 10.4. The Bertz CT molecular complexity index is 637. The van der Waals surface area contributed by atoms with E-state index < -0.39 is 12.1 Å². The van der Waals surface area contributed by atoms with E-state index >= 15 is 0 Å². The Morgan fingerprint density at radius 3 is 2.34 bits per heavy atom. The van der Waals surface area contributed by atoms with Gasteiger partial charge >= 0.3 is 5.97 Å². The Balaban J connectivity index is 1.57. The number of carboxylic acids is 1. The molecule has 166 valence electrons. The van der Waals surface area contributed by atoms with E-state index in [0.29, 0.717) is 29.6 Å². The van der Waals surface area contributed by atoms with Crippen LogP contribution in [0.15, 0.2) is 0 Å². The van der Waals surface area contributed by atoms with Crippen LogP contribution in [0.1, 0.15) is 78.6 Å². The molecule has 4 aliphatic carbocycles. The van der Waals surface area contributed by atoms with Gasteiger partial charge in [0.25, 0.3) is 0 Å². The maximum atomic E-state index is 11.2. The minimum absolute atomic E-state index is 0.0356. The van der Waals surface area contributed by atoms with Crippen molar-refractivity contribution in [3.8, 4) is 0 Å². The van der Waals surface area contributed by atoms with Crippen LogP contribution in [0.4, 0.5) is 0 Å². The summed E-state index contributed by atoms with van der Waals surface area (Å²) in [5, 5.41) is 41.1. The summed E-state index contributed by atoms with van der Waals surface area (Å²) in [6, 6.07) is 0. The molecule has 11 atom stereocenters. The lowest BCUT2D eigenvalue weighted by Crippen LogP contribution is -2.58. The average molecular weight is 409 g/mol. The van der Waals surface area contributed by atoms with E-state index in [1.165, 1.54) is 0 Å². The fourth-order valence-electron chi connectivity index (χ4n) is 8.74. The fourth-order valence-corrected chi connectivity index (χ4v) is 8.74. The second kappa shape index (κ2) is 7.49. The third kappa shape index (κ3) is 3.36. The molecule has 1 unspecified atom stereocenters. The molecule has 0 amide bonds. The van der Waals surface area contributed by atoms with Gasteiger partial charge in [0, 0.05) is 0 Å². The first-order chi connectivity index (χ1) is 13.6. The van der Waals surface area contributed by atoms with Gasteiger partial charge in [-0.1, -0.05) is 20.8 Å². The fraction of sp³-hybridized carbons (Fsp3) is 0.958. The summed E-state index contributed by atoms with van der Waals surface area (Å²) in [6.45, 7) is 6.79. The zero-order chi connectivity index (χ0) is 21.1. The Hall–Kier alpha value is -0.650. The molecule has 4 N–H and O–H groups in total. The van der Waals surface area contributed by atoms with Gasteiger partial charge in [0.2, 0.25) is 0 Å². The van der Waals surface area contributed by atoms with E-state index in [1.807, 2.05) is 6.92 Å². The topological polar surface area (TPSA) is 98.0 Å². The minimum atomic E-state index is -0.936. The number of hydrogen-bond donors (Lipinski definition) is 4. The number of rotatable bonds is 4. The third-order valence-electron chi connectivity index (χ3n) is 10.4. The summed E-state index contributed by atoms with van der Waals surface area (Å²) in [5.41, 5.74) is 0.287. The van der Waals surface area contributed by atoms with Gasteiger partial charge in [-0.05, 0) is 97.7 Å². The largest absolute Gasteiger partial charge is 0.481 e. The van der Waals surface area contributed by atoms with Crippen molar-refractivity contribution in [2.45, 2.75) is 96.9 Å². The molecule has 0 radical (unpaired) electrons. The molecule has 4 fully saturated rings. The van der Waals surface area contributed by atoms with Gasteiger partial charge in [-0.25, -0.2) is 0 Å². The van der Waals surface area contributed by atoms with Crippen molar-refractivity contribution in [1.29, 1.82) is 0 Å². The number of aliphatic hydroxyl groups is 3. The lowest BCUT2D eigenvalue weighted by Gasteiger charge is -2.62. The highest BCUT2D eigenvalue weighted by atomic mass is 16.4. The maximum absolute atomic E-state index is 11.2. The van der Waals surface area contributed by atoms with Crippen molar-refractivity contribution in [3.63, 3.8) is 0 Å². The second-order valence-corrected chi connectivity index (χ2v) is 11.5. The maximum Gasteiger partial charge on any atom is 0.305 e. The first-order valence-electron chi connectivity index (χ1n) is 11.8. The highest BCUT2D eigenvalue weighted by Gasteiger charge is 2.63. The molecular weight excluding hydrogens is 368 g/mol. The van der Waals surface area contributed by atoms with Gasteiger partial charge in [-0.15, -0.1) is 0 Å². The van der Waals surface area contributed by atoms with Crippen LogP contribution < -0.4 is 0 Å². The van der Waals surface area contributed by atoms with E-state index in [-0.39, 0.29) is 35.4 Å². The lowest BCUT2D eigenvalue weighted by molar-refractivity contribution is -0.175. The number of carbonyl (C=O) groups is 1. The second-order valence-electron chi connectivity index (χ2n) is 11.5. The normalized spacial score (nSPS) is 51.4. The molecular formula is C24H40O5. The number of fused-ring (bicyclic) bond motifs is 5. The molecule has 29 heavy (non-hydrogen) atoms. The van der Waals surface area contributed by atoms with Crippen molar-refractivity contribution in [2.75, 3.05) is 0 Å². The molecule has 0 saturated heterocycles. The van der Waals surface area contributed by atoms with Crippen molar-refractivity contribution >= 4 is 5.97 Å². The zero-order valence-corrected chi connectivity index (χ0v) is 18.3. The number of aliphatic carboxylic acids is 1. The molecule has 5 nitrogen and oxygen atoms in total. The lowest BCUT2D eigenvalue weighted by atomic mass is 9.43. The molecule has 4 saturated carbocycles. The summed E-state index contributed by atoms with van der Waals surface area (Å²) in [4.78, 5) is 11.1. The molecule has 4 aliphatic rings. The Labute approximate surface area is 174 Å². The molecule has 4 rings (SSSR count). The predicted octanol–water partition coefficient (Wildman–Crippen LogP) is 3.45. The smallest absolute Gasteiger partial charge is 0.305 e. The first kappa shape index (κ1) is 21.6. The Morgan fingerprint density at radius 2 is 1.66 bits per heavy atom. The molecule has 0 aromatic carbocycles. The van der Waals surface area contributed by atoms with Crippen LogP contribution in [-0.4, -0.2) is 44.7 Å². The van der Waals surface area contributed by atoms with E-state index in [2.05, 4.69) is 13.8 Å². The van der Waals surface area contributed by atoms with Gasteiger partial charge in [-0.3, -0.25) is 4.79 Å². The summed E-state index contributed by atoms with van der Waals surface area (Å²) < 4.78 is 0. The predicted molar refractivity (Wildman–Crippen MR) is 110 cm³/mol. The van der Waals surface area contributed by atoms with Crippen LogP contribution in [0.5, 0.6) is 0 Å². The van der Waals surface area contributed by atoms with Crippen LogP contribution in [0.3, 0.4) is 0 Å². The van der Waals surface area contributed by atoms with E-state index in [0.717, 1.165) is 51.4 Å². The Kier molecular flexibility index (Phi) is 5.57. The number of hydrogen-bond acceptors (Lipinski definition) is 4. The van der Waals surface area contributed by atoms with E-state index in [9.17, 15) is 20.1 Å². The minimum Gasteiger partial charge on any atom is -0.481 e. The monoisotopic (exact) mass is 408 g/mol. The van der Waals surface area contributed by atoms with Crippen molar-refractivity contribution < 1.29 is 25.2 Å². The highest BCUT2D eigenvalue weighted by Crippen LogP contribution is 2.68. The van der Waals surface area contributed by atoms with Gasteiger partial charge < -0.3 is 20.4 Å². The first-order valence-corrected chi connectivity index (χ1v) is 11.8. The molecule has 5 heteroatoms. The van der Waals surface area contributed by atoms with Crippen LogP contribution in [-0.2, 0) is 4.79 Å². The highest BCUT2D eigenvalue weighted by molar-refractivity contribution is 5.67. The molecule has 0 aromatic rings. The summed E-state index contributed by atoms with van der Waals surface area (Å²) in [7, 11) is 0. The van der Waals surface area contributed by atoms with E-state index in [1.54, 1.807) is 0 Å². The number of aliphatic hydroxyl groups excluding tert-OH is 3. The molecule has 0 spiro atoms. The number of carboxylic acid groups (broad SMARTS) is 1.